The van der Waals surface area contributed by atoms with Gasteiger partial charge >= 0.3 is 0 Å². The van der Waals surface area contributed by atoms with Crippen LogP contribution in [0, 0.1) is 0 Å². The first-order valence-electron chi connectivity index (χ1n) is 9.59. The minimum atomic E-state index is -1.97. The van der Waals surface area contributed by atoms with Crippen molar-refractivity contribution in [1.82, 2.24) is 5.23 Å². The van der Waals surface area contributed by atoms with Crippen molar-refractivity contribution in [2.24, 2.45) is 0 Å². The summed E-state index contributed by atoms with van der Waals surface area (Å²) in [5.74, 6) is 0. The Kier molecular flexibility index (Phi) is 9.95. The van der Waals surface area contributed by atoms with Crippen LogP contribution in [-0.2, 0) is 9.05 Å². The molecule has 0 aromatic heterocycles. The van der Waals surface area contributed by atoms with Crippen LogP contribution in [0.25, 0.3) is 0 Å². The van der Waals surface area contributed by atoms with Crippen LogP contribution in [0.3, 0.4) is 0 Å². The van der Waals surface area contributed by atoms with Crippen molar-refractivity contribution >= 4 is 39.2 Å². The molecular formula is C19H42INO2Si2. The molecule has 0 aromatic carbocycles. The van der Waals surface area contributed by atoms with Crippen LogP contribution in [0.5, 0.6) is 0 Å². The first-order chi connectivity index (χ1) is 11.0. The van der Waals surface area contributed by atoms with Gasteiger partial charge in [0.15, 0.2) is 0 Å². The first kappa shape index (κ1) is 25.6. The number of hydrogen-bond acceptors (Lipinski definition) is 3. The SMILES string of the molecule is CCCCC/C=C(\I)N(O[Si](C)(C)C(C)(C)C)O[Si](C)(C)C(C)(C)C. The lowest BCUT2D eigenvalue weighted by molar-refractivity contribution is -0.238. The van der Waals surface area contributed by atoms with Crippen LogP contribution >= 0.6 is 22.6 Å². The van der Waals surface area contributed by atoms with E-state index in [9.17, 15) is 0 Å². The number of halogens is 1. The quantitative estimate of drug-likeness (QED) is 0.105. The highest BCUT2D eigenvalue weighted by atomic mass is 127. The maximum atomic E-state index is 6.56. The van der Waals surface area contributed by atoms with Crippen LogP contribution in [0.15, 0.2) is 9.78 Å². The minimum absolute atomic E-state index is 0.140. The summed E-state index contributed by atoms with van der Waals surface area (Å²) in [4.78, 5) is 0. The highest BCUT2D eigenvalue weighted by Gasteiger charge is 2.44. The van der Waals surface area contributed by atoms with Crippen molar-refractivity contribution in [2.45, 2.75) is 110 Å². The van der Waals surface area contributed by atoms with Gasteiger partial charge in [0.05, 0.1) is 0 Å². The van der Waals surface area contributed by atoms with Crippen LogP contribution in [0.4, 0.5) is 0 Å². The molecule has 0 aliphatic heterocycles. The van der Waals surface area contributed by atoms with Crippen LogP contribution < -0.4 is 0 Å². The van der Waals surface area contributed by atoms with Gasteiger partial charge in [0.2, 0.25) is 16.6 Å². The lowest BCUT2D eigenvalue weighted by Crippen LogP contribution is -2.51. The largest absolute Gasteiger partial charge is 0.297 e. The predicted molar refractivity (Wildman–Crippen MR) is 125 cm³/mol. The fourth-order valence-electron chi connectivity index (χ4n) is 1.48. The average molecular weight is 500 g/mol. The molecule has 150 valence electrons. The molecule has 0 atom stereocenters. The van der Waals surface area contributed by atoms with Gasteiger partial charge in [-0.15, -0.1) is 5.23 Å². The summed E-state index contributed by atoms with van der Waals surface area (Å²) < 4.78 is 14.2. The molecule has 0 unspecified atom stereocenters. The number of nitrogens with zero attached hydrogens (tertiary/aromatic N) is 1. The summed E-state index contributed by atoms with van der Waals surface area (Å²) in [7, 11) is -3.93. The van der Waals surface area contributed by atoms with Gasteiger partial charge in [-0.25, -0.2) is 0 Å². The summed E-state index contributed by atoms with van der Waals surface area (Å²) in [6.45, 7) is 24.9. The second kappa shape index (κ2) is 9.71. The molecule has 0 N–H and O–H groups in total. The Morgan fingerprint density at radius 1 is 0.880 bits per heavy atom. The topological polar surface area (TPSA) is 21.7 Å². The Morgan fingerprint density at radius 2 is 1.28 bits per heavy atom. The smallest absolute Gasteiger partial charge is 0.232 e. The Bertz CT molecular complexity index is 410. The Balaban J connectivity index is 5.45. The summed E-state index contributed by atoms with van der Waals surface area (Å²) in [6, 6.07) is 0. The average Bonchev–Trinajstić information content (AvgIpc) is 2.39. The molecule has 6 heteroatoms. The Hall–Kier alpha value is 0.624. The summed E-state index contributed by atoms with van der Waals surface area (Å²) in [6.07, 6.45) is 7.07. The summed E-state index contributed by atoms with van der Waals surface area (Å²) >= 11 is 2.37. The van der Waals surface area contributed by atoms with Crippen molar-refractivity contribution in [2.75, 3.05) is 0 Å². The van der Waals surface area contributed by atoms with E-state index in [0.717, 1.165) is 10.1 Å². The van der Waals surface area contributed by atoms with E-state index in [1.165, 1.54) is 19.3 Å². The number of hydroxylamine groups is 2. The van der Waals surface area contributed by atoms with E-state index in [1.54, 1.807) is 5.23 Å². The monoisotopic (exact) mass is 499 g/mol. The van der Waals surface area contributed by atoms with E-state index in [1.807, 2.05) is 0 Å². The van der Waals surface area contributed by atoms with E-state index >= 15 is 0 Å². The maximum absolute atomic E-state index is 6.56. The maximum Gasteiger partial charge on any atom is 0.232 e. The van der Waals surface area contributed by atoms with E-state index < -0.39 is 16.6 Å². The van der Waals surface area contributed by atoms with Gasteiger partial charge in [0.1, 0.15) is 3.70 Å². The number of unbranched alkanes of at least 4 members (excludes halogenated alkanes) is 3. The third kappa shape index (κ3) is 8.45. The van der Waals surface area contributed by atoms with E-state index in [0.29, 0.717) is 0 Å². The van der Waals surface area contributed by atoms with Gasteiger partial charge < -0.3 is 0 Å². The fourth-order valence-corrected chi connectivity index (χ4v) is 4.09. The third-order valence-electron chi connectivity index (χ3n) is 5.53. The standard InChI is InChI=1S/C19H42INO2Si2/c1-12-13-14-15-16-17(20)21(22-24(8,9)18(2,3)4)23-25(10,11)19(5,6)7/h16H,12-15H2,1-11H3/b17-16+. The molecule has 0 spiro atoms. The van der Waals surface area contributed by atoms with E-state index in [-0.39, 0.29) is 10.1 Å². The number of rotatable bonds is 9. The molecule has 0 radical (unpaired) electrons. The molecule has 0 rings (SSSR count). The zero-order valence-corrected chi connectivity index (χ0v) is 22.7. The summed E-state index contributed by atoms with van der Waals surface area (Å²) in [5, 5.41) is 2.06. The van der Waals surface area contributed by atoms with Crippen molar-refractivity contribution in [3.05, 3.63) is 9.78 Å². The van der Waals surface area contributed by atoms with Crippen molar-refractivity contribution < 1.29 is 9.05 Å². The number of allylic oxidation sites excluding steroid dienone is 1. The molecule has 3 nitrogen and oxygen atoms in total. The minimum Gasteiger partial charge on any atom is -0.297 e. The highest BCUT2D eigenvalue weighted by Crippen LogP contribution is 2.41. The molecule has 0 aliphatic rings. The van der Waals surface area contributed by atoms with E-state index in [2.05, 4.69) is 103 Å². The molecular weight excluding hydrogens is 457 g/mol. The molecule has 0 amide bonds. The second-order valence-corrected chi connectivity index (χ2v) is 20.5. The normalized spacial score (nSPS) is 14.8. The molecule has 0 heterocycles. The fraction of sp³-hybridized carbons (Fsp3) is 0.895. The third-order valence-corrected chi connectivity index (χ3v) is 14.8. The molecule has 0 bridgehead atoms. The van der Waals surface area contributed by atoms with Crippen LogP contribution in [-0.4, -0.2) is 21.9 Å². The Labute approximate surface area is 173 Å². The highest BCUT2D eigenvalue weighted by molar-refractivity contribution is 14.1. The zero-order valence-electron chi connectivity index (χ0n) is 18.5. The zero-order chi connectivity index (χ0) is 20.1. The van der Waals surface area contributed by atoms with Gasteiger partial charge in [-0.05, 0) is 77.8 Å². The van der Waals surface area contributed by atoms with Crippen LogP contribution in [0.1, 0.15) is 74.1 Å². The number of hydrogen-bond donors (Lipinski definition) is 0. The van der Waals surface area contributed by atoms with Gasteiger partial charge in [0.25, 0.3) is 0 Å². The molecule has 0 aliphatic carbocycles. The predicted octanol–water partition coefficient (Wildman–Crippen LogP) is 8.02. The van der Waals surface area contributed by atoms with Crippen LogP contribution in [0.2, 0.25) is 36.3 Å². The van der Waals surface area contributed by atoms with Crippen molar-refractivity contribution in [3.8, 4) is 0 Å². The molecule has 0 fully saturated rings. The van der Waals surface area contributed by atoms with Gasteiger partial charge in [0, 0.05) is 0 Å². The first-order valence-corrected chi connectivity index (χ1v) is 16.5. The lowest BCUT2D eigenvalue weighted by atomic mass is 10.2. The second-order valence-electron chi connectivity index (χ2n) is 9.98. The molecule has 0 aromatic rings. The molecule has 0 saturated heterocycles. The molecule has 0 saturated carbocycles. The van der Waals surface area contributed by atoms with E-state index in [4.69, 9.17) is 9.05 Å². The Morgan fingerprint density at radius 3 is 1.60 bits per heavy atom. The van der Waals surface area contributed by atoms with Gasteiger partial charge in [-0.1, -0.05) is 61.3 Å². The van der Waals surface area contributed by atoms with Crippen molar-refractivity contribution in [3.63, 3.8) is 0 Å². The summed E-state index contributed by atoms with van der Waals surface area (Å²) in [5.41, 5.74) is 0. The van der Waals surface area contributed by atoms with Crippen molar-refractivity contribution in [1.29, 1.82) is 0 Å². The van der Waals surface area contributed by atoms with Gasteiger partial charge in [-0.3, -0.25) is 9.05 Å². The molecule has 25 heavy (non-hydrogen) atoms. The lowest BCUT2D eigenvalue weighted by Gasteiger charge is -2.44. The van der Waals surface area contributed by atoms with Gasteiger partial charge in [-0.2, -0.15) is 0 Å².